The molecule has 0 spiro atoms. The molecular formula is C17H25N7O2S. The van der Waals surface area contributed by atoms with Crippen LogP contribution in [0, 0.1) is 19.8 Å². The minimum absolute atomic E-state index is 0.0230. The molecule has 1 aliphatic heterocycles. The maximum absolute atomic E-state index is 12.7. The number of nitrogens with zero attached hydrogens (tertiary/aromatic N) is 5. The van der Waals surface area contributed by atoms with E-state index in [4.69, 9.17) is 0 Å². The molecule has 10 heteroatoms. The molecule has 1 aliphatic rings. The summed E-state index contributed by atoms with van der Waals surface area (Å²) in [6.45, 7) is 7.12. The zero-order valence-electron chi connectivity index (χ0n) is 16.0. The van der Waals surface area contributed by atoms with Gasteiger partial charge in [0.05, 0.1) is 23.1 Å². The van der Waals surface area contributed by atoms with E-state index in [9.17, 15) is 9.59 Å². The third kappa shape index (κ3) is 4.33. The van der Waals surface area contributed by atoms with Gasteiger partial charge >= 0.3 is 0 Å². The molecule has 2 aromatic rings. The quantitative estimate of drug-likeness (QED) is 0.801. The summed E-state index contributed by atoms with van der Waals surface area (Å²) in [5, 5.41) is 18.2. The van der Waals surface area contributed by atoms with Crippen molar-refractivity contribution in [2.45, 2.75) is 39.7 Å². The highest BCUT2D eigenvalue weighted by Gasteiger charge is 2.30. The summed E-state index contributed by atoms with van der Waals surface area (Å²) in [5.41, 5.74) is 4.10. The van der Waals surface area contributed by atoms with Crippen LogP contribution in [0.25, 0.3) is 0 Å². The van der Waals surface area contributed by atoms with Gasteiger partial charge in [-0.05, 0) is 46.7 Å². The highest BCUT2D eigenvalue weighted by molar-refractivity contribution is 7.13. The average Bonchev–Trinajstić information content (AvgIpc) is 3.25. The molecule has 3 rings (SSSR count). The van der Waals surface area contributed by atoms with Gasteiger partial charge in [0.2, 0.25) is 16.9 Å². The molecule has 1 atom stereocenters. The van der Waals surface area contributed by atoms with Crippen LogP contribution in [0.5, 0.6) is 0 Å². The fraction of sp³-hybridized carbons (Fsp3) is 0.588. The molecule has 2 amide bonds. The molecule has 2 N–H and O–H groups in total. The van der Waals surface area contributed by atoms with Gasteiger partial charge in [-0.25, -0.2) is 0 Å². The zero-order chi connectivity index (χ0) is 19.6. The van der Waals surface area contributed by atoms with Crippen LogP contribution in [0.4, 0.5) is 10.8 Å². The summed E-state index contributed by atoms with van der Waals surface area (Å²) in [4.78, 5) is 27.1. The Morgan fingerprint density at radius 1 is 1.26 bits per heavy atom. The summed E-state index contributed by atoms with van der Waals surface area (Å²) in [5.74, 6) is -0.140. The fourth-order valence-electron chi connectivity index (χ4n) is 3.33. The van der Waals surface area contributed by atoms with Gasteiger partial charge in [0, 0.05) is 13.0 Å². The molecule has 27 heavy (non-hydrogen) atoms. The molecule has 0 bridgehead atoms. The molecular weight excluding hydrogens is 366 g/mol. The van der Waals surface area contributed by atoms with E-state index >= 15 is 0 Å². The monoisotopic (exact) mass is 391 g/mol. The standard InChI is InChI=1S/C17H25N7O2S/c1-10-14(11(2)23(4)22-10)19-15(25)12(3)24-7-5-13(6-8-24)16(26)20-17-21-18-9-27-17/h9,12-13H,5-8H2,1-4H3,(H,19,25)(H,20,21,26). The Balaban J connectivity index is 1.52. The minimum atomic E-state index is -0.267. The Hall–Kier alpha value is -2.33. The number of carbonyl (C=O) groups is 2. The molecule has 1 unspecified atom stereocenters. The van der Waals surface area contributed by atoms with Crippen molar-refractivity contribution in [3.8, 4) is 0 Å². The van der Waals surface area contributed by atoms with Crippen LogP contribution in [0.3, 0.4) is 0 Å². The van der Waals surface area contributed by atoms with Crippen LogP contribution in [-0.2, 0) is 16.6 Å². The van der Waals surface area contributed by atoms with E-state index in [-0.39, 0.29) is 23.8 Å². The van der Waals surface area contributed by atoms with Crippen molar-refractivity contribution >= 4 is 34.0 Å². The van der Waals surface area contributed by atoms with Crippen LogP contribution in [0.15, 0.2) is 5.51 Å². The number of likely N-dealkylation sites (tertiary alicyclic amines) is 1. The Labute approximate surface area is 162 Å². The van der Waals surface area contributed by atoms with Gasteiger partial charge in [0.1, 0.15) is 5.51 Å². The van der Waals surface area contributed by atoms with E-state index in [0.29, 0.717) is 31.1 Å². The largest absolute Gasteiger partial charge is 0.322 e. The Kier molecular flexibility index (Phi) is 5.85. The van der Waals surface area contributed by atoms with Crippen molar-refractivity contribution in [2.75, 3.05) is 23.7 Å². The predicted molar refractivity (Wildman–Crippen MR) is 104 cm³/mol. The van der Waals surface area contributed by atoms with E-state index in [0.717, 1.165) is 17.1 Å². The molecule has 0 saturated carbocycles. The Morgan fingerprint density at radius 3 is 2.52 bits per heavy atom. The van der Waals surface area contributed by atoms with E-state index in [1.165, 1.54) is 11.3 Å². The number of amides is 2. The minimum Gasteiger partial charge on any atom is -0.322 e. The van der Waals surface area contributed by atoms with Crippen LogP contribution < -0.4 is 10.6 Å². The van der Waals surface area contributed by atoms with Crippen molar-refractivity contribution in [3.63, 3.8) is 0 Å². The highest BCUT2D eigenvalue weighted by atomic mass is 32.1. The highest BCUT2D eigenvalue weighted by Crippen LogP contribution is 2.23. The van der Waals surface area contributed by atoms with Crippen LogP contribution >= 0.6 is 11.3 Å². The molecule has 1 saturated heterocycles. The van der Waals surface area contributed by atoms with E-state index < -0.39 is 0 Å². The lowest BCUT2D eigenvalue weighted by molar-refractivity contribution is -0.123. The molecule has 0 aliphatic carbocycles. The molecule has 0 aromatic carbocycles. The van der Waals surface area contributed by atoms with Crippen LogP contribution in [0.2, 0.25) is 0 Å². The van der Waals surface area contributed by atoms with E-state index in [2.05, 4.69) is 30.8 Å². The maximum Gasteiger partial charge on any atom is 0.241 e. The smallest absolute Gasteiger partial charge is 0.241 e. The van der Waals surface area contributed by atoms with E-state index in [1.54, 1.807) is 10.2 Å². The SMILES string of the molecule is Cc1nn(C)c(C)c1NC(=O)C(C)N1CCC(C(=O)Nc2nncs2)CC1. The molecule has 1 fully saturated rings. The van der Waals surface area contributed by atoms with Crippen molar-refractivity contribution in [3.05, 3.63) is 16.9 Å². The van der Waals surface area contributed by atoms with Gasteiger partial charge in [0.25, 0.3) is 0 Å². The van der Waals surface area contributed by atoms with Crippen LogP contribution in [-0.4, -0.2) is 55.8 Å². The van der Waals surface area contributed by atoms with Crippen molar-refractivity contribution in [2.24, 2.45) is 13.0 Å². The van der Waals surface area contributed by atoms with Crippen molar-refractivity contribution in [1.29, 1.82) is 0 Å². The number of anilines is 2. The first-order chi connectivity index (χ1) is 12.9. The number of rotatable bonds is 5. The van der Waals surface area contributed by atoms with Gasteiger partial charge in [-0.1, -0.05) is 11.3 Å². The van der Waals surface area contributed by atoms with Crippen LogP contribution in [0.1, 0.15) is 31.2 Å². The summed E-state index contributed by atoms with van der Waals surface area (Å²) < 4.78 is 1.76. The number of nitrogens with one attached hydrogen (secondary N) is 2. The molecule has 3 heterocycles. The summed E-state index contributed by atoms with van der Waals surface area (Å²) in [6.07, 6.45) is 1.43. The van der Waals surface area contributed by atoms with Gasteiger partial charge < -0.3 is 10.6 Å². The molecule has 2 aromatic heterocycles. The lowest BCUT2D eigenvalue weighted by Crippen LogP contribution is -2.47. The molecule has 9 nitrogen and oxygen atoms in total. The second-order valence-electron chi connectivity index (χ2n) is 6.88. The maximum atomic E-state index is 12.7. The van der Waals surface area contributed by atoms with E-state index in [1.807, 2.05) is 27.8 Å². The number of hydrogen-bond acceptors (Lipinski definition) is 7. The second kappa shape index (κ2) is 8.13. The van der Waals surface area contributed by atoms with Gasteiger partial charge in [-0.15, -0.1) is 10.2 Å². The second-order valence-corrected chi connectivity index (χ2v) is 7.71. The number of aromatic nitrogens is 4. The lowest BCUT2D eigenvalue weighted by atomic mass is 9.95. The number of aryl methyl sites for hydroxylation is 2. The zero-order valence-corrected chi connectivity index (χ0v) is 16.8. The Bertz CT molecular complexity index is 810. The number of piperidine rings is 1. The van der Waals surface area contributed by atoms with Gasteiger partial charge in [0.15, 0.2) is 0 Å². The Morgan fingerprint density at radius 2 is 1.96 bits per heavy atom. The fourth-order valence-corrected chi connectivity index (χ4v) is 3.78. The average molecular weight is 392 g/mol. The first-order valence-electron chi connectivity index (χ1n) is 8.99. The lowest BCUT2D eigenvalue weighted by Gasteiger charge is -2.34. The van der Waals surface area contributed by atoms with Gasteiger partial charge in [-0.3, -0.25) is 19.2 Å². The summed E-state index contributed by atoms with van der Waals surface area (Å²) >= 11 is 1.31. The van der Waals surface area contributed by atoms with Crippen molar-refractivity contribution in [1.82, 2.24) is 24.9 Å². The third-order valence-electron chi connectivity index (χ3n) is 5.17. The topological polar surface area (TPSA) is 105 Å². The number of hydrogen-bond donors (Lipinski definition) is 2. The predicted octanol–water partition coefficient (Wildman–Crippen LogP) is 1.57. The first kappa shape index (κ1) is 19.4. The van der Waals surface area contributed by atoms with Gasteiger partial charge in [-0.2, -0.15) is 5.10 Å². The summed E-state index contributed by atoms with van der Waals surface area (Å²) in [7, 11) is 1.86. The molecule has 146 valence electrons. The normalized spacial score (nSPS) is 16.9. The molecule has 0 radical (unpaired) electrons. The summed E-state index contributed by atoms with van der Waals surface area (Å²) in [6, 6.07) is -0.267. The number of carbonyl (C=O) groups excluding carboxylic acids is 2. The first-order valence-corrected chi connectivity index (χ1v) is 9.87. The third-order valence-corrected chi connectivity index (χ3v) is 5.78. The van der Waals surface area contributed by atoms with Crippen molar-refractivity contribution < 1.29 is 9.59 Å².